The van der Waals surface area contributed by atoms with Crippen molar-refractivity contribution in [1.82, 2.24) is 14.9 Å². The number of nitrogens with zero attached hydrogens (tertiary/aromatic N) is 2. The summed E-state index contributed by atoms with van der Waals surface area (Å²) in [6.45, 7) is 4.42. The number of carbonyl (C=O) groups is 1. The van der Waals surface area contributed by atoms with Gasteiger partial charge in [0.25, 0.3) is 0 Å². The molecule has 1 heterocycles. The van der Waals surface area contributed by atoms with Crippen LogP contribution in [-0.4, -0.2) is 35.7 Å². The number of benzene rings is 2. The minimum absolute atomic E-state index is 0.217. The van der Waals surface area contributed by atoms with Gasteiger partial charge in [-0.25, -0.2) is 9.37 Å². The van der Waals surface area contributed by atoms with Crippen molar-refractivity contribution in [2.75, 3.05) is 20.3 Å². The molecule has 0 spiro atoms. The number of halogens is 1. The molecule has 0 aliphatic heterocycles. The number of rotatable bonds is 9. The highest BCUT2D eigenvalue weighted by Crippen LogP contribution is 2.28. The molecule has 1 aromatic heterocycles. The molecule has 2 aromatic carbocycles. The smallest absolute Gasteiger partial charge is 0.244 e. The van der Waals surface area contributed by atoms with Gasteiger partial charge in [0.2, 0.25) is 5.91 Å². The van der Waals surface area contributed by atoms with Crippen molar-refractivity contribution in [3.05, 3.63) is 72.3 Å². The monoisotopic (exact) mass is 409 g/mol. The number of ether oxygens (including phenoxy) is 2. The Morgan fingerprint density at radius 2 is 2.10 bits per heavy atom. The van der Waals surface area contributed by atoms with Gasteiger partial charge in [0, 0.05) is 32.2 Å². The van der Waals surface area contributed by atoms with Gasteiger partial charge in [-0.2, -0.15) is 0 Å². The Morgan fingerprint density at radius 3 is 2.87 bits per heavy atom. The summed E-state index contributed by atoms with van der Waals surface area (Å²) in [4.78, 5) is 16.6. The molecule has 3 rings (SSSR count). The number of aryl methyl sites for hydroxylation is 1. The third-order valence-corrected chi connectivity index (χ3v) is 4.55. The first kappa shape index (κ1) is 21.1. The number of methoxy groups -OCH3 is 1. The van der Waals surface area contributed by atoms with Gasteiger partial charge in [0.05, 0.1) is 18.1 Å². The maximum atomic E-state index is 13.4. The van der Waals surface area contributed by atoms with Gasteiger partial charge in [-0.1, -0.05) is 18.7 Å². The molecule has 0 unspecified atom stereocenters. The molecule has 0 aliphatic rings. The van der Waals surface area contributed by atoms with Crippen LogP contribution in [0.4, 0.5) is 4.39 Å². The van der Waals surface area contributed by atoms with Crippen LogP contribution in [0.1, 0.15) is 11.4 Å². The van der Waals surface area contributed by atoms with Crippen LogP contribution in [0.2, 0.25) is 0 Å². The Labute approximate surface area is 174 Å². The van der Waals surface area contributed by atoms with Crippen LogP contribution in [0.25, 0.3) is 17.1 Å². The molecule has 0 bridgehead atoms. The summed E-state index contributed by atoms with van der Waals surface area (Å²) in [7, 11) is 3.44. The highest BCUT2D eigenvalue weighted by atomic mass is 19.1. The molecular formula is C23H24FN3O3. The van der Waals surface area contributed by atoms with E-state index in [9.17, 15) is 9.18 Å². The summed E-state index contributed by atoms with van der Waals surface area (Å²) in [6.07, 6.45) is 5.36. The van der Waals surface area contributed by atoms with Gasteiger partial charge in [-0.15, -0.1) is 0 Å². The Balaban J connectivity index is 1.56. The molecule has 30 heavy (non-hydrogen) atoms. The van der Waals surface area contributed by atoms with Crippen LogP contribution in [0.5, 0.6) is 11.5 Å². The fourth-order valence-electron chi connectivity index (χ4n) is 3.03. The van der Waals surface area contributed by atoms with Crippen molar-refractivity contribution in [2.24, 2.45) is 7.05 Å². The average Bonchev–Trinajstić information content (AvgIpc) is 3.05. The van der Waals surface area contributed by atoms with E-state index < -0.39 is 0 Å². The maximum Gasteiger partial charge on any atom is 0.244 e. The number of amides is 1. The van der Waals surface area contributed by atoms with Crippen molar-refractivity contribution >= 4 is 23.0 Å². The first-order chi connectivity index (χ1) is 14.5. The van der Waals surface area contributed by atoms with Crippen molar-refractivity contribution in [2.45, 2.75) is 6.42 Å². The maximum absolute atomic E-state index is 13.4. The van der Waals surface area contributed by atoms with Gasteiger partial charge >= 0.3 is 0 Å². The predicted octanol–water partition coefficient (Wildman–Crippen LogP) is 3.66. The lowest BCUT2D eigenvalue weighted by atomic mass is 10.2. The Morgan fingerprint density at radius 1 is 1.27 bits per heavy atom. The summed E-state index contributed by atoms with van der Waals surface area (Å²) in [5, 5.41) is 2.83. The summed E-state index contributed by atoms with van der Waals surface area (Å²) in [5.41, 5.74) is 2.27. The van der Waals surface area contributed by atoms with E-state index in [1.807, 2.05) is 17.7 Å². The summed E-state index contributed by atoms with van der Waals surface area (Å²) >= 11 is 0. The lowest BCUT2D eigenvalue weighted by Gasteiger charge is -2.09. The highest BCUT2D eigenvalue weighted by molar-refractivity contribution is 5.91. The fourth-order valence-corrected chi connectivity index (χ4v) is 3.03. The van der Waals surface area contributed by atoms with Crippen LogP contribution in [0.15, 0.2) is 55.1 Å². The summed E-state index contributed by atoms with van der Waals surface area (Å²) in [5.74, 6) is 1.44. The largest absolute Gasteiger partial charge is 0.493 e. The zero-order valence-electron chi connectivity index (χ0n) is 17.0. The van der Waals surface area contributed by atoms with Crippen molar-refractivity contribution in [1.29, 1.82) is 0 Å². The van der Waals surface area contributed by atoms with Gasteiger partial charge in [0.15, 0.2) is 11.5 Å². The van der Waals surface area contributed by atoms with Gasteiger partial charge in [-0.3, -0.25) is 4.79 Å². The van der Waals surface area contributed by atoms with E-state index in [0.717, 1.165) is 16.9 Å². The Kier molecular flexibility index (Phi) is 6.85. The van der Waals surface area contributed by atoms with E-state index >= 15 is 0 Å². The molecule has 0 radical (unpaired) electrons. The van der Waals surface area contributed by atoms with Gasteiger partial charge in [0.1, 0.15) is 18.2 Å². The molecule has 0 fully saturated rings. The van der Waals surface area contributed by atoms with Crippen LogP contribution in [0.3, 0.4) is 0 Å². The SMILES string of the molecule is C=CCOc1ccc(C=CC(=O)NCCc2nc3cc(F)ccc3n2C)cc1OC. The average molecular weight is 409 g/mol. The number of carbonyl (C=O) groups excluding carboxylic acids is 1. The van der Waals surface area contributed by atoms with E-state index in [0.29, 0.717) is 36.6 Å². The predicted molar refractivity (Wildman–Crippen MR) is 115 cm³/mol. The standard InChI is InChI=1S/C23H24FN3O3/c1-4-13-30-20-9-5-16(14-21(20)29-3)6-10-23(28)25-12-11-22-26-18-15-17(24)7-8-19(18)27(22)2/h4-10,14-15H,1,11-13H2,2-3H3,(H,25,28). The molecule has 0 saturated carbocycles. The second-order valence-corrected chi connectivity index (χ2v) is 6.60. The van der Waals surface area contributed by atoms with Crippen molar-refractivity contribution in [3.8, 4) is 11.5 Å². The zero-order valence-corrected chi connectivity index (χ0v) is 17.0. The van der Waals surface area contributed by atoms with Crippen LogP contribution in [-0.2, 0) is 18.3 Å². The molecule has 0 saturated heterocycles. The third-order valence-electron chi connectivity index (χ3n) is 4.55. The molecular weight excluding hydrogens is 385 g/mol. The lowest BCUT2D eigenvalue weighted by Crippen LogP contribution is -2.24. The highest BCUT2D eigenvalue weighted by Gasteiger charge is 2.09. The second-order valence-electron chi connectivity index (χ2n) is 6.60. The number of fused-ring (bicyclic) bond motifs is 1. The lowest BCUT2D eigenvalue weighted by molar-refractivity contribution is -0.116. The molecule has 0 aliphatic carbocycles. The first-order valence-electron chi connectivity index (χ1n) is 9.50. The van der Waals surface area contributed by atoms with Crippen LogP contribution in [0, 0.1) is 5.82 Å². The van der Waals surface area contributed by atoms with Gasteiger partial charge in [-0.05, 0) is 35.9 Å². The molecule has 156 valence electrons. The fraction of sp³-hybridized carbons (Fsp3) is 0.217. The number of nitrogens with one attached hydrogen (secondary N) is 1. The van der Waals surface area contributed by atoms with E-state index in [2.05, 4.69) is 16.9 Å². The Hall–Kier alpha value is -3.61. The third kappa shape index (κ3) is 5.05. The second kappa shape index (κ2) is 9.73. The summed E-state index contributed by atoms with van der Waals surface area (Å²) in [6, 6.07) is 9.93. The number of imidazole rings is 1. The van der Waals surface area contributed by atoms with Crippen molar-refractivity contribution < 1.29 is 18.7 Å². The molecule has 6 nitrogen and oxygen atoms in total. The minimum Gasteiger partial charge on any atom is -0.493 e. The number of aromatic nitrogens is 2. The van der Waals surface area contributed by atoms with E-state index in [4.69, 9.17) is 9.47 Å². The summed E-state index contributed by atoms with van der Waals surface area (Å²) < 4.78 is 26.1. The number of hydrogen-bond acceptors (Lipinski definition) is 4. The van der Waals surface area contributed by atoms with Crippen LogP contribution < -0.4 is 14.8 Å². The van der Waals surface area contributed by atoms with Crippen molar-refractivity contribution in [3.63, 3.8) is 0 Å². The first-order valence-corrected chi connectivity index (χ1v) is 9.50. The molecule has 3 aromatic rings. The Bertz CT molecular complexity index is 1090. The molecule has 1 amide bonds. The number of hydrogen-bond donors (Lipinski definition) is 1. The molecule has 1 N–H and O–H groups in total. The van der Waals surface area contributed by atoms with Crippen LogP contribution >= 0.6 is 0 Å². The molecule has 7 heteroatoms. The van der Waals surface area contributed by atoms with E-state index in [1.165, 1.54) is 18.2 Å². The van der Waals surface area contributed by atoms with E-state index in [1.54, 1.807) is 37.5 Å². The van der Waals surface area contributed by atoms with E-state index in [-0.39, 0.29) is 11.7 Å². The zero-order chi connectivity index (χ0) is 21.5. The molecule has 0 atom stereocenters. The topological polar surface area (TPSA) is 65.4 Å². The minimum atomic E-state index is -0.317. The van der Waals surface area contributed by atoms with Gasteiger partial charge < -0.3 is 19.4 Å². The quantitative estimate of drug-likeness (QED) is 0.433. The normalized spacial score (nSPS) is 11.0.